The predicted molar refractivity (Wildman–Crippen MR) is 143 cm³/mol. The van der Waals surface area contributed by atoms with Gasteiger partial charge in [0.25, 0.3) is 15.9 Å². The van der Waals surface area contributed by atoms with Crippen molar-refractivity contribution in [3.05, 3.63) is 89.7 Å². The van der Waals surface area contributed by atoms with Crippen LogP contribution in [0.15, 0.2) is 77.7 Å². The number of hydrogen-bond donors (Lipinski definition) is 4. The predicted octanol–water partition coefficient (Wildman–Crippen LogP) is 4.49. The lowest BCUT2D eigenvalue weighted by Gasteiger charge is -2.12. The van der Waals surface area contributed by atoms with E-state index in [4.69, 9.17) is 10.5 Å². The first kappa shape index (κ1) is 25.5. The molecular formula is C26H26N6O4S. The van der Waals surface area contributed by atoms with Crippen LogP contribution in [0.3, 0.4) is 0 Å². The number of nitrogens with one attached hydrogen (secondary N) is 3. The highest BCUT2D eigenvalue weighted by Crippen LogP contribution is 2.25. The number of nitrogens with zero attached hydrogens (tertiary/aromatic N) is 2. The van der Waals surface area contributed by atoms with Gasteiger partial charge in [0, 0.05) is 23.1 Å². The zero-order valence-corrected chi connectivity index (χ0v) is 21.3. The molecule has 0 fully saturated rings. The molecule has 4 rings (SSSR count). The highest BCUT2D eigenvalue weighted by molar-refractivity contribution is 7.92. The molecule has 0 aliphatic heterocycles. The Kier molecular flexibility index (Phi) is 7.25. The van der Waals surface area contributed by atoms with Crippen molar-refractivity contribution in [1.29, 1.82) is 0 Å². The Morgan fingerprint density at radius 2 is 1.35 bits per heavy atom. The number of aryl methyl sites for hydroxylation is 2. The Labute approximate surface area is 215 Å². The van der Waals surface area contributed by atoms with E-state index >= 15 is 0 Å². The summed E-state index contributed by atoms with van der Waals surface area (Å²) in [6.07, 6.45) is 0. The number of methoxy groups -OCH3 is 1. The average molecular weight is 519 g/mol. The van der Waals surface area contributed by atoms with Gasteiger partial charge in [0.1, 0.15) is 23.2 Å². The van der Waals surface area contributed by atoms with Gasteiger partial charge in [-0.25, -0.2) is 18.4 Å². The van der Waals surface area contributed by atoms with E-state index in [0.717, 1.165) is 11.3 Å². The third kappa shape index (κ3) is 6.33. The standard InChI is InChI=1S/C26H26N6O4S/c1-16-4-6-18(7-5-16)30-24-15-25(29-17(2)28-24)31-19-8-10-20(11-9-19)32-37(34,35)21-12-13-23(36-3)22(14-21)26(27)33/h4-15,32H,1-3H3,(H2,27,33)(H2,28,29,30,31). The molecule has 0 aliphatic rings. The quantitative estimate of drug-likeness (QED) is 0.253. The van der Waals surface area contributed by atoms with Crippen LogP contribution in [-0.4, -0.2) is 31.4 Å². The number of ether oxygens (including phenoxy) is 1. The number of carbonyl (C=O) groups is 1. The lowest BCUT2D eigenvalue weighted by atomic mass is 10.2. The van der Waals surface area contributed by atoms with E-state index in [0.29, 0.717) is 28.8 Å². The molecule has 1 aromatic heterocycles. The summed E-state index contributed by atoms with van der Waals surface area (Å²) in [5.41, 5.74) is 8.42. The number of carbonyl (C=O) groups excluding carboxylic acids is 1. The van der Waals surface area contributed by atoms with Crippen molar-refractivity contribution < 1.29 is 17.9 Å². The van der Waals surface area contributed by atoms with Crippen molar-refractivity contribution >= 4 is 44.6 Å². The number of amides is 1. The second-order valence-corrected chi connectivity index (χ2v) is 9.89. The van der Waals surface area contributed by atoms with Crippen LogP contribution in [0.5, 0.6) is 5.75 Å². The molecule has 1 amide bonds. The minimum absolute atomic E-state index is 0.0266. The molecule has 0 unspecified atom stereocenters. The van der Waals surface area contributed by atoms with Crippen LogP contribution in [0.2, 0.25) is 0 Å². The molecular weight excluding hydrogens is 492 g/mol. The van der Waals surface area contributed by atoms with Crippen LogP contribution >= 0.6 is 0 Å². The lowest BCUT2D eigenvalue weighted by molar-refractivity contribution is 0.0997. The fourth-order valence-electron chi connectivity index (χ4n) is 3.51. The molecule has 11 heteroatoms. The molecule has 0 saturated heterocycles. The number of primary amides is 1. The van der Waals surface area contributed by atoms with E-state index in [1.54, 1.807) is 37.3 Å². The minimum atomic E-state index is -3.97. The van der Waals surface area contributed by atoms with Gasteiger partial charge in [0.15, 0.2) is 0 Å². The summed E-state index contributed by atoms with van der Waals surface area (Å²) in [5.74, 6) is 1.20. The van der Waals surface area contributed by atoms with Gasteiger partial charge in [-0.15, -0.1) is 0 Å². The number of hydrogen-bond acceptors (Lipinski definition) is 8. The Hall–Kier alpha value is -4.64. The molecule has 37 heavy (non-hydrogen) atoms. The van der Waals surface area contributed by atoms with Crippen molar-refractivity contribution in [1.82, 2.24) is 9.97 Å². The van der Waals surface area contributed by atoms with Crippen LogP contribution in [0.1, 0.15) is 21.7 Å². The summed E-state index contributed by atoms with van der Waals surface area (Å²) in [5, 5.41) is 6.46. The van der Waals surface area contributed by atoms with E-state index in [1.807, 2.05) is 31.2 Å². The molecule has 190 valence electrons. The van der Waals surface area contributed by atoms with Crippen molar-refractivity contribution in [2.45, 2.75) is 18.7 Å². The van der Waals surface area contributed by atoms with Crippen LogP contribution < -0.4 is 25.8 Å². The third-order valence-electron chi connectivity index (χ3n) is 5.32. The number of rotatable bonds is 9. The molecule has 10 nitrogen and oxygen atoms in total. The molecule has 0 bridgehead atoms. The molecule has 0 saturated carbocycles. The Balaban J connectivity index is 1.47. The first-order valence-electron chi connectivity index (χ1n) is 11.2. The van der Waals surface area contributed by atoms with Gasteiger partial charge in [-0.05, 0) is 68.4 Å². The maximum Gasteiger partial charge on any atom is 0.261 e. The topological polar surface area (TPSA) is 148 Å². The first-order valence-corrected chi connectivity index (χ1v) is 12.7. The Morgan fingerprint density at radius 3 is 1.89 bits per heavy atom. The summed E-state index contributed by atoms with van der Waals surface area (Å²) in [6.45, 7) is 3.82. The van der Waals surface area contributed by atoms with E-state index in [1.165, 1.54) is 25.3 Å². The van der Waals surface area contributed by atoms with Crippen LogP contribution in [-0.2, 0) is 10.0 Å². The molecule has 1 heterocycles. The first-order chi connectivity index (χ1) is 17.6. The van der Waals surface area contributed by atoms with Gasteiger partial charge >= 0.3 is 0 Å². The fraction of sp³-hybridized carbons (Fsp3) is 0.115. The van der Waals surface area contributed by atoms with E-state index in [9.17, 15) is 13.2 Å². The highest BCUT2D eigenvalue weighted by Gasteiger charge is 2.19. The van der Waals surface area contributed by atoms with Gasteiger partial charge < -0.3 is 21.1 Å². The van der Waals surface area contributed by atoms with Crippen LogP contribution in [0.4, 0.5) is 28.7 Å². The molecule has 0 atom stereocenters. The van der Waals surface area contributed by atoms with Gasteiger partial charge in [-0.3, -0.25) is 9.52 Å². The largest absolute Gasteiger partial charge is 0.496 e. The number of anilines is 5. The molecule has 0 spiro atoms. The second kappa shape index (κ2) is 10.5. The molecule has 0 aliphatic carbocycles. The highest BCUT2D eigenvalue weighted by atomic mass is 32.2. The molecule has 0 radical (unpaired) electrons. The third-order valence-corrected chi connectivity index (χ3v) is 6.70. The smallest absolute Gasteiger partial charge is 0.261 e. The Morgan fingerprint density at radius 1 is 0.811 bits per heavy atom. The Bertz CT molecular complexity index is 1540. The minimum Gasteiger partial charge on any atom is -0.496 e. The van der Waals surface area contributed by atoms with Crippen molar-refractivity contribution in [2.75, 3.05) is 22.5 Å². The summed E-state index contributed by atoms with van der Waals surface area (Å²) in [7, 11) is -2.60. The van der Waals surface area contributed by atoms with Crippen molar-refractivity contribution in [3.8, 4) is 5.75 Å². The number of aromatic nitrogens is 2. The summed E-state index contributed by atoms with van der Waals surface area (Å²) >= 11 is 0. The summed E-state index contributed by atoms with van der Waals surface area (Å²) < 4.78 is 33.3. The average Bonchev–Trinajstić information content (AvgIpc) is 2.85. The lowest BCUT2D eigenvalue weighted by Crippen LogP contribution is -2.16. The van der Waals surface area contributed by atoms with Gasteiger partial charge in [-0.2, -0.15) is 0 Å². The normalized spacial score (nSPS) is 11.0. The fourth-order valence-corrected chi connectivity index (χ4v) is 4.60. The molecule has 4 aromatic rings. The van der Waals surface area contributed by atoms with E-state index in [2.05, 4.69) is 25.3 Å². The zero-order chi connectivity index (χ0) is 26.6. The molecule has 5 N–H and O–H groups in total. The van der Waals surface area contributed by atoms with Crippen molar-refractivity contribution in [3.63, 3.8) is 0 Å². The van der Waals surface area contributed by atoms with Gasteiger partial charge in [0.2, 0.25) is 0 Å². The van der Waals surface area contributed by atoms with E-state index in [-0.39, 0.29) is 16.2 Å². The monoisotopic (exact) mass is 518 g/mol. The SMILES string of the molecule is COc1ccc(S(=O)(=O)Nc2ccc(Nc3cc(Nc4ccc(C)cc4)nc(C)n3)cc2)cc1C(N)=O. The van der Waals surface area contributed by atoms with Gasteiger partial charge in [0.05, 0.1) is 17.6 Å². The van der Waals surface area contributed by atoms with Crippen LogP contribution in [0.25, 0.3) is 0 Å². The summed E-state index contributed by atoms with van der Waals surface area (Å²) in [6, 6.07) is 20.3. The maximum atomic E-state index is 12.9. The number of benzene rings is 3. The second-order valence-electron chi connectivity index (χ2n) is 8.21. The number of sulfonamides is 1. The maximum absolute atomic E-state index is 12.9. The van der Waals surface area contributed by atoms with Gasteiger partial charge in [-0.1, -0.05) is 17.7 Å². The van der Waals surface area contributed by atoms with E-state index < -0.39 is 15.9 Å². The number of nitrogens with two attached hydrogens (primary N) is 1. The zero-order valence-electron chi connectivity index (χ0n) is 20.4. The summed E-state index contributed by atoms with van der Waals surface area (Å²) in [4.78, 5) is 20.4. The van der Waals surface area contributed by atoms with Crippen LogP contribution in [0, 0.1) is 13.8 Å². The van der Waals surface area contributed by atoms with Crippen molar-refractivity contribution in [2.24, 2.45) is 5.73 Å². The molecule has 3 aromatic carbocycles.